The predicted octanol–water partition coefficient (Wildman–Crippen LogP) is 1.35. The smallest absolute Gasteiger partial charge is 0.266 e. The summed E-state index contributed by atoms with van der Waals surface area (Å²) in [7, 11) is 0. The fourth-order valence-corrected chi connectivity index (χ4v) is 5.17. The number of unbranched alkanes of at least 4 members (excludes halogenated alkanes) is 2. The van der Waals surface area contributed by atoms with Gasteiger partial charge < -0.3 is 26.6 Å². The standard InChI is InChI=1S/C24H43N7O5/c1-3-4-5-10-18(25)22(33)30-15-8-12-20(30)23(34)29-14-7-11-19(29)21(32)16-17(2)9-6-13-27-24(26)28-31(35)36/h17-20H,3-16,25H2,1-2H3,(H3,26,27,28). The zero-order valence-electron chi connectivity index (χ0n) is 21.7. The summed E-state index contributed by atoms with van der Waals surface area (Å²) in [5, 5.41) is 15.1. The average molecular weight is 510 g/mol. The summed E-state index contributed by atoms with van der Waals surface area (Å²) in [6.07, 6.45) is 8.13. The van der Waals surface area contributed by atoms with Crippen LogP contribution in [0.15, 0.2) is 5.10 Å². The first-order valence-corrected chi connectivity index (χ1v) is 13.3. The van der Waals surface area contributed by atoms with Gasteiger partial charge >= 0.3 is 0 Å². The third kappa shape index (κ3) is 8.72. The summed E-state index contributed by atoms with van der Waals surface area (Å²) >= 11 is 0. The van der Waals surface area contributed by atoms with Crippen molar-refractivity contribution in [1.82, 2.24) is 15.1 Å². The van der Waals surface area contributed by atoms with Crippen LogP contribution in [0.1, 0.15) is 84.5 Å². The van der Waals surface area contributed by atoms with Gasteiger partial charge in [0.25, 0.3) is 5.96 Å². The van der Waals surface area contributed by atoms with Crippen LogP contribution in [0.25, 0.3) is 0 Å². The van der Waals surface area contributed by atoms with Gasteiger partial charge in [-0.1, -0.05) is 33.1 Å². The Morgan fingerprint density at radius 3 is 2.42 bits per heavy atom. The highest BCUT2D eigenvalue weighted by atomic mass is 16.7. The van der Waals surface area contributed by atoms with E-state index in [0.29, 0.717) is 51.7 Å². The molecule has 0 radical (unpaired) electrons. The maximum Gasteiger partial charge on any atom is 0.266 e. The minimum atomic E-state index is -0.860. The number of hydrogen-bond donors (Lipinski definition) is 3. The largest absolute Gasteiger partial charge is 0.365 e. The number of guanidine groups is 1. The molecule has 0 spiro atoms. The molecule has 2 aliphatic heterocycles. The van der Waals surface area contributed by atoms with E-state index in [1.165, 1.54) is 0 Å². The second kappa shape index (κ2) is 14.7. The molecule has 2 amide bonds. The number of hydrogen-bond acceptors (Lipinski definition) is 6. The zero-order chi connectivity index (χ0) is 26.7. The number of rotatable bonds is 14. The van der Waals surface area contributed by atoms with Crippen LogP contribution >= 0.6 is 0 Å². The summed E-state index contributed by atoms with van der Waals surface area (Å²) in [6, 6.07) is -1.56. The molecule has 0 aliphatic carbocycles. The van der Waals surface area contributed by atoms with Crippen molar-refractivity contribution in [3.63, 3.8) is 0 Å². The molecule has 4 unspecified atom stereocenters. The fraction of sp³-hybridized carbons (Fsp3) is 0.833. The van der Waals surface area contributed by atoms with Gasteiger partial charge in [0.2, 0.25) is 11.8 Å². The Balaban J connectivity index is 1.87. The number of Topliss-reactive ketones (excluding diaryl/α,β-unsaturated/α-hetero) is 1. The van der Waals surface area contributed by atoms with Crippen LogP contribution < -0.4 is 16.8 Å². The summed E-state index contributed by atoms with van der Waals surface area (Å²) in [6.45, 7) is 5.56. The van der Waals surface area contributed by atoms with Gasteiger partial charge in [0.15, 0.2) is 10.8 Å². The summed E-state index contributed by atoms with van der Waals surface area (Å²) < 4.78 is 0. The van der Waals surface area contributed by atoms with Crippen LogP contribution in [0.5, 0.6) is 0 Å². The van der Waals surface area contributed by atoms with E-state index in [0.717, 1.165) is 38.5 Å². The molecule has 0 aromatic rings. The van der Waals surface area contributed by atoms with Gasteiger partial charge in [-0.2, -0.15) is 0 Å². The van der Waals surface area contributed by atoms with Gasteiger partial charge in [0.05, 0.1) is 12.1 Å². The molecule has 2 saturated heterocycles. The maximum absolute atomic E-state index is 13.5. The molecule has 2 heterocycles. The number of amides is 2. The third-order valence-electron chi connectivity index (χ3n) is 7.08. The third-order valence-corrected chi connectivity index (χ3v) is 7.08. The Morgan fingerprint density at radius 1 is 1.08 bits per heavy atom. The Kier molecular flexibility index (Phi) is 12.0. The van der Waals surface area contributed by atoms with Crippen LogP contribution in [0.2, 0.25) is 0 Å². The van der Waals surface area contributed by atoms with Gasteiger partial charge in [0, 0.05) is 26.1 Å². The molecule has 2 rings (SSSR count). The van der Waals surface area contributed by atoms with E-state index in [1.54, 1.807) is 9.80 Å². The van der Waals surface area contributed by atoms with Crippen LogP contribution in [-0.4, -0.2) is 76.1 Å². The SMILES string of the molecule is CCCCCC(N)C(=O)N1CCCC1C(=O)N1CCCC1C(=O)CC(C)CCCN/C(N)=N\[N+](=O)[O-]. The zero-order valence-corrected chi connectivity index (χ0v) is 21.7. The summed E-state index contributed by atoms with van der Waals surface area (Å²) in [5.41, 5.74) is 11.6. The van der Waals surface area contributed by atoms with Crippen LogP contribution in [-0.2, 0) is 14.4 Å². The number of nitrogens with two attached hydrogens (primary N) is 2. The predicted molar refractivity (Wildman–Crippen MR) is 136 cm³/mol. The molecule has 204 valence electrons. The highest BCUT2D eigenvalue weighted by molar-refractivity contribution is 5.94. The molecule has 12 heteroatoms. The lowest BCUT2D eigenvalue weighted by atomic mass is 9.95. The number of nitrogens with one attached hydrogen (secondary N) is 1. The number of likely N-dealkylation sites (tertiary alicyclic amines) is 2. The van der Waals surface area contributed by atoms with Crippen LogP contribution in [0, 0.1) is 16.0 Å². The van der Waals surface area contributed by atoms with E-state index >= 15 is 0 Å². The van der Waals surface area contributed by atoms with Crippen molar-refractivity contribution in [2.24, 2.45) is 22.5 Å². The Bertz CT molecular complexity index is 806. The highest BCUT2D eigenvalue weighted by Gasteiger charge is 2.42. The first-order valence-electron chi connectivity index (χ1n) is 13.3. The number of ketones is 1. The van der Waals surface area contributed by atoms with E-state index in [2.05, 4.69) is 17.3 Å². The summed E-state index contributed by atoms with van der Waals surface area (Å²) in [4.78, 5) is 53.1. The second-order valence-electron chi connectivity index (χ2n) is 10.0. The van der Waals surface area contributed by atoms with Crippen molar-refractivity contribution >= 4 is 23.6 Å². The number of carbonyl (C=O) groups excluding carboxylic acids is 3. The molecular weight excluding hydrogens is 466 g/mol. The van der Waals surface area contributed by atoms with Gasteiger partial charge in [-0.3, -0.25) is 14.4 Å². The molecule has 0 saturated carbocycles. The molecule has 5 N–H and O–H groups in total. The van der Waals surface area contributed by atoms with Crippen molar-refractivity contribution in [3.8, 4) is 0 Å². The van der Waals surface area contributed by atoms with Gasteiger partial charge in [-0.25, -0.2) is 10.1 Å². The van der Waals surface area contributed by atoms with Crippen molar-refractivity contribution in [3.05, 3.63) is 10.1 Å². The topological polar surface area (TPSA) is 177 Å². The monoisotopic (exact) mass is 509 g/mol. The number of carbonyl (C=O) groups is 3. The lowest BCUT2D eigenvalue weighted by Crippen LogP contribution is -2.54. The number of nitrogens with zero attached hydrogens (tertiary/aromatic N) is 4. The van der Waals surface area contributed by atoms with Crippen molar-refractivity contribution in [1.29, 1.82) is 0 Å². The van der Waals surface area contributed by atoms with Crippen LogP contribution in [0.4, 0.5) is 0 Å². The first kappa shape index (κ1) is 29.5. The second-order valence-corrected chi connectivity index (χ2v) is 10.0. The maximum atomic E-state index is 13.5. The molecular formula is C24H43N7O5. The number of nitro groups is 1. The Labute approximate surface area is 213 Å². The molecule has 0 aromatic heterocycles. The van der Waals surface area contributed by atoms with Gasteiger partial charge in [0.1, 0.15) is 11.1 Å². The molecule has 0 bridgehead atoms. The van der Waals surface area contributed by atoms with Crippen molar-refractivity contribution in [2.45, 2.75) is 103 Å². The lowest BCUT2D eigenvalue weighted by Gasteiger charge is -2.32. The van der Waals surface area contributed by atoms with E-state index in [1.807, 2.05) is 6.92 Å². The van der Waals surface area contributed by atoms with Crippen molar-refractivity contribution in [2.75, 3.05) is 19.6 Å². The molecule has 2 fully saturated rings. The molecule has 36 heavy (non-hydrogen) atoms. The molecule has 12 nitrogen and oxygen atoms in total. The highest BCUT2D eigenvalue weighted by Crippen LogP contribution is 2.27. The molecule has 0 aromatic carbocycles. The van der Waals surface area contributed by atoms with E-state index in [4.69, 9.17) is 11.5 Å². The normalized spacial score (nSPS) is 21.9. The van der Waals surface area contributed by atoms with E-state index in [9.17, 15) is 24.5 Å². The fourth-order valence-electron chi connectivity index (χ4n) is 5.17. The Hall–Kier alpha value is -2.76. The number of hydrazone groups is 1. The minimum Gasteiger partial charge on any atom is -0.365 e. The lowest BCUT2D eigenvalue weighted by molar-refractivity contribution is -0.485. The minimum absolute atomic E-state index is 0.0443. The summed E-state index contributed by atoms with van der Waals surface area (Å²) in [5.74, 6) is -0.394. The quantitative estimate of drug-likeness (QED) is 0.103. The van der Waals surface area contributed by atoms with Gasteiger partial charge in [-0.05, 0) is 50.9 Å². The Morgan fingerprint density at radius 2 is 1.75 bits per heavy atom. The van der Waals surface area contributed by atoms with Crippen LogP contribution in [0.3, 0.4) is 0 Å². The van der Waals surface area contributed by atoms with Crippen molar-refractivity contribution < 1.29 is 19.4 Å². The van der Waals surface area contributed by atoms with E-state index < -0.39 is 23.2 Å². The first-order chi connectivity index (χ1) is 17.1. The molecule has 4 atom stereocenters. The average Bonchev–Trinajstić information content (AvgIpc) is 3.50. The van der Waals surface area contributed by atoms with Gasteiger partial charge in [-0.15, -0.1) is 0 Å². The van der Waals surface area contributed by atoms with E-state index in [-0.39, 0.29) is 29.5 Å². The molecule has 2 aliphatic rings.